The molecule has 1 saturated heterocycles. The molecule has 1 aliphatic carbocycles. The van der Waals surface area contributed by atoms with E-state index in [1.165, 1.54) is 4.90 Å². The predicted octanol–water partition coefficient (Wildman–Crippen LogP) is 5.15. The molecule has 2 aliphatic rings. The number of methoxy groups -OCH3 is 1. The number of carbonyl (C=O) groups excluding carboxylic acids is 2. The van der Waals surface area contributed by atoms with E-state index in [0.717, 1.165) is 37.6 Å². The number of imide groups is 1. The molecule has 1 fully saturated rings. The molecule has 29 heavy (non-hydrogen) atoms. The van der Waals surface area contributed by atoms with Crippen LogP contribution in [0.5, 0.6) is 0 Å². The van der Waals surface area contributed by atoms with Crippen LogP contribution in [0.15, 0.2) is 45.3 Å². The Morgan fingerprint density at radius 2 is 1.55 bits per heavy atom. The number of carbonyl (C=O) groups is 2. The molecule has 3 amide bonds. The number of ether oxygens (including phenoxy) is 1. The second-order valence-electron chi connectivity index (χ2n) is 7.33. The number of hydrogen-bond acceptors (Lipinski definition) is 3. The van der Waals surface area contributed by atoms with Crippen LogP contribution in [-0.4, -0.2) is 48.5 Å². The number of rotatable bonds is 6. The Kier molecular flexibility index (Phi) is 5.57. The molecule has 1 aliphatic heterocycles. The highest BCUT2D eigenvalue weighted by molar-refractivity contribution is 9.10. The number of benzene rings is 2. The summed E-state index contributed by atoms with van der Waals surface area (Å²) in [7, 11) is 1.62. The number of fused-ring (bicyclic) bond motifs is 5. The van der Waals surface area contributed by atoms with Crippen molar-refractivity contribution in [3.05, 3.63) is 56.5 Å². The van der Waals surface area contributed by atoms with Gasteiger partial charge in [0.1, 0.15) is 0 Å². The number of hydrogen-bond donors (Lipinski definition) is 0. The third-order valence-electron chi connectivity index (χ3n) is 5.63. The van der Waals surface area contributed by atoms with Gasteiger partial charge in [0, 0.05) is 46.9 Å². The van der Waals surface area contributed by atoms with Gasteiger partial charge in [-0.05, 0) is 48.2 Å². The molecule has 0 unspecified atom stereocenters. The van der Waals surface area contributed by atoms with Crippen LogP contribution >= 0.6 is 31.9 Å². The fraction of sp³-hybridized carbons (Fsp3) is 0.364. The van der Waals surface area contributed by atoms with Crippen molar-refractivity contribution in [2.45, 2.75) is 25.3 Å². The van der Waals surface area contributed by atoms with Crippen LogP contribution in [0, 0.1) is 0 Å². The number of urea groups is 1. The van der Waals surface area contributed by atoms with Crippen LogP contribution in [0.1, 0.15) is 30.9 Å². The minimum Gasteiger partial charge on any atom is -0.385 e. The minimum atomic E-state index is -1.13. The van der Waals surface area contributed by atoms with E-state index in [4.69, 9.17) is 4.74 Å². The lowest BCUT2D eigenvalue weighted by molar-refractivity contribution is -0.131. The van der Waals surface area contributed by atoms with Gasteiger partial charge in [-0.1, -0.05) is 50.9 Å². The lowest BCUT2D eigenvalue weighted by Gasteiger charge is -2.33. The van der Waals surface area contributed by atoms with Crippen molar-refractivity contribution in [3.8, 4) is 11.1 Å². The first-order valence-corrected chi connectivity index (χ1v) is 11.3. The minimum absolute atomic E-state index is 0.178. The second kappa shape index (κ2) is 7.85. The topological polar surface area (TPSA) is 49.9 Å². The predicted molar refractivity (Wildman–Crippen MR) is 119 cm³/mol. The van der Waals surface area contributed by atoms with E-state index in [9.17, 15) is 9.59 Å². The normalized spacial score (nSPS) is 16.7. The van der Waals surface area contributed by atoms with Crippen LogP contribution in [0.25, 0.3) is 11.1 Å². The van der Waals surface area contributed by atoms with E-state index >= 15 is 0 Å². The molecule has 1 spiro atoms. The van der Waals surface area contributed by atoms with Gasteiger partial charge in [0.15, 0.2) is 5.54 Å². The first-order chi connectivity index (χ1) is 14.0. The van der Waals surface area contributed by atoms with E-state index in [1.807, 2.05) is 43.3 Å². The summed E-state index contributed by atoms with van der Waals surface area (Å²) in [5, 5.41) is 0. The van der Waals surface area contributed by atoms with Crippen LogP contribution < -0.4 is 0 Å². The van der Waals surface area contributed by atoms with Gasteiger partial charge in [0.05, 0.1) is 0 Å². The smallest absolute Gasteiger partial charge is 0.328 e. The number of halogens is 2. The molecule has 0 N–H and O–H groups in total. The first kappa shape index (κ1) is 20.6. The quantitative estimate of drug-likeness (QED) is 0.390. The highest BCUT2D eigenvalue weighted by Gasteiger charge is 2.62. The molecule has 4 rings (SSSR count). The highest BCUT2D eigenvalue weighted by atomic mass is 79.9. The maximum Gasteiger partial charge on any atom is 0.328 e. The molecule has 0 saturated carbocycles. The Morgan fingerprint density at radius 3 is 2.07 bits per heavy atom. The maximum absolute atomic E-state index is 14.0. The van der Waals surface area contributed by atoms with Crippen molar-refractivity contribution in [1.82, 2.24) is 9.80 Å². The molecule has 1 heterocycles. The zero-order chi connectivity index (χ0) is 20.8. The highest BCUT2D eigenvalue weighted by Crippen LogP contribution is 2.55. The van der Waals surface area contributed by atoms with Gasteiger partial charge in [0.2, 0.25) is 0 Å². The number of nitrogens with zero attached hydrogens (tertiary/aromatic N) is 2. The molecular formula is C22H22Br2N2O3. The molecule has 5 nitrogen and oxygen atoms in total. The SMILES string of the molecule is CCCN1C(=O)N(CCCOC)C(=O)C12c1cc(Br)ccc1-c1ccc(Br)cc12. The molecule has 7 heteroatoms. The molecule has 0 atom stereocenters. The molecule has 2 aromatic carbocycles. The van der Waals surface area contributed by atoms with Gasteiger partial charge in [-0.3, -0.25) is 9.69 Å². The first-order valence-electron chi connectivity index (χ1n) is 9.69. The van der Waals surface area contributed by atoms with Gasteiger partial charge >= 0.3 is 6.03 Å². The average molecular weight is 522 g/mol. The number of amides is 3. The fourth-order valence-electron chi connectivity index (χ4n) is 4.51. The Bertz CT molecular complexity index is 941. The lowest BCUT2D eigenvalue weighted by atomic mass is 9.85. The van der Waals surface area contributed by atoms with Crippen LogP contribution in [0.3, 0.4) is 0 Å². The van der Waals surface area contributed by atoms with E-state index in [-0.39, 0.29) is 11.9 Å². The molecule has 0 aromatic heterocycles. The average Bonchev–Trinajstić information content (AvgIpc) is 3.08. The molecule has 2 aromatic rings. The lowest BCUT2D eigenvalue weighted by Crippen LogP contribution is -2.47. The summed E-state index contributed by atoms with van der Waals surface area (Å²) in [6.07, 6.45) is 1.38. The van der Waals surface area contributed by atoms with Crippen molar-refractivity contribution in [1.29, 1.82) is 0 Å². The van der Waals surface area contributed by atoms with Gasteiger partial charge in [-0.15, -0.1) is 0 Å². The molecule has 0 radical (unpaired) electrons. The summed E-state index contributed by atoms with van der Waals surface area (Å²) in [5.74, 6) is -0.178. The van der Waals surface area contributed by atoms with Crippen molar-refractivity contribution >= 4 is 43.8 Å². The molecule has 152 valence electrons. The second-order valence-corrected chi connectivity index (χ2v) is 9.16. The van der Waals surface area contributed by atoms with Crippen molar-refractivity contribution in [3.63, 3.8) is 0 Å². The van der Waals surface area contributed by atoms with Crippen LogP contribution in [0.4, 0.5) is 4.79 Å². The van der Waals surface area contributed by atoms with E-state index < -0.39 is 5.54 Å². The van der Waals surface area contributed by atoms with Crippen molar-refractivity contribution < 1.29 is 14.3 Å². The Balaban J connectivity index is 1.96. The zero-order valence-electron chi connectivity index (χ0n) is 16.4. The summed E-state index contributed by atoms with van der Waals surface area (Å²) in [6.45, 7) is 3.38. The summed E-state index contributed by atoms with van der Waals surface area (Å²) in [4.78, 5) is 30.5. The Labute approximate surface area is 187 Å². The molecule has 0 bridgehead atoms. The summed E-state index contributed by atoms with van der Waals surface area (Å²) >= 11 is 7.12. The summed E-state index contributed by atoms with van der Waals surface area (Å²) in [5.41, 5.74) is 2.59. The third kappa shape index (κ3) is 2.97. The van der Waals surface area contributed by atoms with Gasteiger partial charge < -0.3 is 9.64 Å². The van der Waals surface area contributed by atoms with Crippen molar-refractivity contribution in [2.24, 2.45) is 0 Å². The summed E-state index contributed by atoms with van der Waals surface area (Å²) in [6, 6.07) is 11.7. The third-order valence-corrected chi connectivity index (χ3v) is 6.62. The fourth-order valence-corrected chi connectivity index (χ4v) is 5.23. The zero-order valence-corrected chi connectivity index (χ0v) is 19.5. The van der Waals surface area contributed by atoms with E-state index in [0.29, 0.717) is 26.1 Å². The van der Waals surface area contributed by atoms with Crippen molar-refractivity contribution in [2.75, 3.05) is 26.8 Å². The maximum atomic E-state index is 14.0. The van der Waals surface area contributed by atoms with Gasteiger partial charge in [-0.2, -0.15) is 0 Å². The van der Waals surface area contributed by atoms with Gasteiger partial charge in [0.25, 0.3) is 5.91 Å². The van der Waals surface area contributed by atoms with E-state index in [1.54, 1.807) is 12.0 Å². The largest absolute Gasteiger partial charge is 0.385 e. The monoisotopic (exact) mass is 520 g/mol. The standard InChI is InChI=1S/C22H22Br2N2O3/c1-3-9-26-21(28)25(10-4-11-29-2)20(27)22(26)18-12-14(23)5-7-16(18)17-8-6-15(24)13-19(17)22/h5-8,12-13H,3-4,9-11H2,1-2H3. The Hall–Kier alpha value is -1.70. The van der Waals surface area contributed by atoms with Gasteiger partial charge in [-0.25, -0.2) is 4.79 Å². The Morgan fingerprint density at radius 1 is 0.966 bits per heavy atom. The van der Waals surface area contributed by atoms with E-state index in [2.05, 4.69) is 31.9 Å². The van der Waals surface area contributed by atoms with Crippen LogP contribution in [-0.2, 0) is 15.1 Å². The van der Waals surface area contributed by atoms with Crippen LogP contribution in [0.2, 0.25) is 0 Å². The molecular weight excluding hydrogens is 500 g/mol. The summed E-state index contributed by atoms with van der Waals surface area (Å²) < 4.78 is 6.90.